The number of nitrogens with one attached hydrogen (secondary N) is 2. The zero-order valence-corrected chi connectivity index (χ0v) is 15.7. The first-order valence-corrected chi connectivity index (χ1v) is 9.21. The lowest BCUT2D eigenvalue weighted by molar-refractivity contribution is -0.0867. The molecule has 26 heavy (non-hydrogen) atoms. The minimum absolute atomic E-state index is 0.183. The summed E-state index contributed by atoms with van der Waals surface area (Å²) in [7, 11) is 0. The SMILES string of the molecule is CC(C)(O)[C@H](F)CNC(=O)c1cnc(Cl)cc1NC1CC2(CC(O)C2)C1. The zero-order valence-electron chi connectivity index (χ0n) is 14.9. The monoisotopic (exact) mass is 385 g/mol. The summed E-state index contributed by atoms with van der Waals surface area (Å²) in [5.74, 6) is -0.475. The van der Waals surface area contributed by atoms with Crippen LogP contribution in [-0.2, 0) is 0 Å². The lowest BCUT2D eigenvalue weighted by Crippen LogP contribution is -2.54. The van der Waals surface area contributed by atoms with E-state index >= 15 is 0 Å². The second-order valence-corrected chi connectivity index (χ2v) is 8.58. The van der Waals surface area contributed by atoms with Crippen molar-refractivity contribution in [3.05, 3.63) is 23.0 Å². The third-order valence-corrected chi connectivity index (χ3v) is 5.59. The molecule has 0 unspecified atom stereocenters. The Bertz CT molecular complexity index is 681. The Morgan fingerprint density at radius 1 is 1.46 bits per heavy atom. The summed E-state index contributed by atoms with van der Waals surface area (Å²) < 4.78 is 13.8. The van der Waals surface area contributed by atoms with Gasteiger partial charge in [-0.1, -0.05) is 11.6 Å². The molecule has 1 spiro atoms. The van der Waals surface area contributed by atoms with Crippen LogP contribution in [-0.4, -0.2) is 51.6 Å². The van der Waals surface area contributed by atoms with E-state index in [4.69, 9.17) is 11.6 Å². The molecule has 1 atom stereocenters. The van der Waals surface area contributed by atoms with E-state index in [2.05, 4.69) is 15.6 Å². The summed E-state index contributed by atoms with van der Waals surface area (Å²) in [6, 6.07) is 1.79. The van der Waals surface area contributed by atoms with E-state index in [-0.39, 0.29) is 34.8 Å². The van der Waals surface area contributed by atoms with Gasteiger partial charge in [0.25, 0.3) is 5.91 Å². The first kappa shape index (κ1) is 19.3. The van der Waals surface area contributed by atoms with Crippen LogP contribution in [0.2, 0.25) is 5.15 Å². The van der Waals surface area contributed by atoms with Crippen LogP contribution in [0.25, 0.3) is 0 Å². The van der Waals surface area contributed by atoms with Crippen molar-refractivity contribution in [2.45, 2.75) is 63.4 Å². The topological polar surface area (TPSA) is 94.5 Å². The maximum Gasteiger partial charge on any atom is 0.255 e. The molecule has 144 valence electrons. The molecule has 2 aliphatic rings. The first-order valence-electron chi connectivity index (χ1n) is 8.83. The van der Waals surface area contributed by atoms with Gasteiger partial charge in [-0.15, -0.1) is 0 Å². The number of hydrogen-bond acceptors (Lipinski definition) is 5. The van der Waals surface area contributed by atoms with Crippen molar-refractivity contribution in [3.63, 3.8) is 0 Å². The molecule has 2 aliphatic carbocycles. The quantitative estimate of drug-likeness (QED) is 0.564. The van der Waals surface area contributed by atoms with Gasteiger partial charge >= 0.3 is 0 Å². The number of aromatic nitrogens is 1. The Morgan fingerprint density at radius 2 is 2.12 bits per heavy atom. The molecule has 6 nitrogen and oxygen atoms in total. The van der Waals surface area contributed by atoms with E-state index in [9.17, 15) is 19.4 Å². The highest BCUT2D eigenvalue weighted by Crippen LogP contribution is 2.56. The Balaban J connectivity index is 1.62. The molecule has 2 saturated carbocycles. The number of alkyl halides is 1. The van der Waals surface area contributed by atoms with Crippen LogP contribution in [0, 0.1) is 5.41 Å². The molecule has 4 N–H and O–H groups in total. The molecule has 1 aromatic rings. The summed E-state index contributed by atoms with van der Waals surface area (Å²) >= 11 is 5.96. The molecule has 3 rings (SSSR count). The third-order valence-electron chi connectivity index (χ3n) is 5.38. The Morgan fingerprint density at radius 3 is 2.69 bits per heavy atom. The number of halogens is 2. The van der Waals surface area contributed by atoms with Gasteiger partial charge in [0.2, 0.25) is 0 Å². The van der Waals surface area contributed by atoms with Crippen molar-refractivity contribution in [2.24, 2.45) is 5.41 Å². The average Bonchev–Trinajstić information content (AvgIpc) is 2.48. The van der Waals surface area contributed by atoms with Crippen LogP contribution in [0.1, 0.15) is 49.9 Å². The summed E-state index contributed by atoms with van der Waals surface area (Å²) in [4.78, 5) is 16.4. The van der Waals surface area contributed by atoms with E-state index in [1.807, 2.05) is 0 Å². The fraction of sp³-hybridized carbons (Fsp3) is 0.667. The van der Waals surface area contributed by atoms with Gasteiger partial charge in [0.05, 0.1) is 29.5 Å². The van der Waals surface area contributed by atoms with Crippen LogP contribution < -0.4 is 10.6 Å². The number of nitrogens with zero attached hydrogens (tertiary/aromatic N) is 1. The maximum atomic E-state index is 13.8. The predicted molar refractivity (Wildman–Crippen MR) is 97.1 cm³/mol. The highest BCUT2D eigenvalue weighted by atomic mass is 35.5. The molecule has 0 radical (unpaired) electrons. The van der Waals surface area contributed by atoms with E-state index in [1.165, 1.54) is 20.0 Å². The maximum absolute atomic E-state index is 13.8. The number of rotatable bonds is 6. The number of hydrogen-bond donors (Lipinski definition) is 4. The highest BCUT2D eigenvalue weighted by Gasteiger charge is 2.52. The van der Waals surface area contributed by atoms with Crippen molar-refractivity contribution in [2.75, 3.05) is 11.9 Å². The number of pyridine rings is 1. The number of carbonyl (C=O) groups is 1. The summed E-state index contributed by atoms with van der Waals surface area (Å²) in [5.41, 5.74) is -0.446. The van der Waals surface area contributed by atoms with E-state index in [0.717, 1.165) is 25.7 Å². The van der Waals surface area contributed by atoms with Crippen molar-refractivity contribution < 1.29 is 19.4 Å². The Hall–Kier alpha value is -1.44. The van der Waals surface area contributed by atoms with Crippen LogP contribution in [0.5, 0.6) is 0 Å². The second kappa shape index (κ2) is 6.94. The second-order valence-electron chi connectivity index (χ2n) is 8.20. The van der Waals surface area contributed by atoms with Gasteiger partial charge < -0.3 is 20.8 Å². The fourth-order valence-corrected chi connectivity index (χ4v) is 4.00. The Kier molecular flexibility index (Phi) is 5.16. The first-order chi connectivity index (χ1) is 12.1. The summed E-state index contributed by atoms with van der Waals surface area (Å²) in [6.45, 7) is 2.41. The summed E-state index contributed by atoms with van der Waals surface area (Å²) in [5, 5.41) is 25.2. The summed E-state index contributed by atoms with van der Waals surface area (Å²) in [6.07, 6.45) is 3.15. The molecular weight excluding hydrogens is 361 g/mol. The molecule has 1 heterocycles. The third kappa shape index (κ3) is 4.10. The van der Waals surface area contributed by atoms with Crippen LogP contribution in [0.4, 0.5) is 10.1 Å². The zero-order chi connectivity index (χ0) is 19.1. The van der Waals surface area contributed by atoms with E-state index in [0.29, 0.717) is 5.69 Å². The molecule has 1 aromatic heterocycles. The van der Waals surface area contributed by atoms with Gasteiger partial charge in [-0.3, -0.25) is 4.79 Å². The van der Waals surface area contributed by atoms with Gasteiger partial charge in [0.1, 0.15) is 11.3 Å². The lowest BCUT2D eigenvalue weighted by Gasteiger charge is -2.56. The van der Waals surface area contributed by atoms with Crippen LogP contribution >= 0.6 is 11.6 Å². The average molecular weight is 386 g/mol. The molecule has 1 amide bonds. The molecule has 8 heteroatoms. The lowest BCUT2D eigenvalue weighted by atomic mass is 9.53. The van der Waals surface area contributed by atoms with E-state index in [1.54, 1.807) is 6.07 Å². The van der Waals surface area contributed by atoms with Crippen molar-refractivity contribution in [3.8, 4) is 0 Å². The number of aliphatic hydroxyl groups is 2. The number of anilines is 1. The highest BCUT2D eigenvalue weighted by molar-refractivity contribution is 6.29. The number of carbonyl (C=O) groups excluding carboxylic acids is 1. The van der Waals surface area contributed by atoms with Gasteiger partial charge in [-0.05, 0) is 51.0 Å². The van der Waals surface area contributed by atoms with Crippen LogP contribution in [0.15, 0.2) is 12.3 Å². The largest absolute Gasteiger partial charge is 0.393 e. The molecule has 0 saturated heterocycles. The molecule has 0 aliphatic heterocycles. The van der Waals surface area contributed by atoms with E-state index < -0.39 is 17.7 Å². The van der Waals surface area contributed by atoms with Gasteiger partial charge in [-0.2, -0.15) is 0 Å². The van der Waals surface area contributed by atoms with Gasteiger partial charge in [0.15, 0.2) is 0 Å². The van der Waals surface area contributed by atoms with Crippen molar-refractivity contribution in [1.29, 1.82) is 0 Å². The number of aliphatic hydroxyl groups excluding tert-OH is 1. The molecule has 2 fully saturated rings. The van der Waals surface area contributed by atoms with Gasteiger partial charge in [0, 0.05) is 12.2 Å². The molecule has 0 bridgehead atoms. The standard InChI is InChI=1S/C18H25ClFN3O3/c1-17(2,26)14(20)9-22-16(25)12-8-21-15(19)3-13(12)23-10-4-18(5-10)6-11(24)7-18/h3,8,10-11,14,24,26H,4-7,9H2,1-2H3,(H,21,23)(H,22,25)/t10?,11?,14-,18?/m1/s1. The smallest absolute Gasteiger partial charge is 0.255 e. The number of amides is 1. The fourth-order valence-electron chi connectivity index (χ4n) is 3.84. The molecular formula is C18H25ClFN3O3. The van der Waals surface area contributed by atoms with Crippen LogP contribution in [0.3, 0.4) is 0 Å². The Labute approximate surface area is 157 Å². The minimum atomic E-state index is -1.58. The van der Waals surface area contributed by atoms with Crippen molar-refractivity contribution in [1.82, 2.24) is 10.3 Å². The predicted octanol–water partition coefficient (Wildman–Crippen LogP) is 2.29. The normalized spacial score (nSPS) is 28.8. The van der Waals surface area contributed by atoms with Crippen molar-refractivity contribution >= 4 is 23.2 Å². The minimum Gasteiger partial charge on any atom is -0.393 e. The van der Waals surface area contributed by atoms with Gasteiger partial charge in [-0.25, -0.2) is 9.37 Å². The molecule has 0 aromatic carbocycles.